The van der Waals surface area contributed by atoms with Crippen LogP contribution in [-0.4, -0.2) is 32.3 Å². The number of benzene rings is 1. The number of rotatable bonds is 2. The van der Waals surface area contributed by atoms with Gasteiger partial charge in [0.15, 0.2) is 0 Å². The van der Waals surface area contributed by atoms with Gasteiger partial charge in [0.1, 0.15) is 0 Å². The smallest absolute Gasteiger partial charge is 0.0642 e. The van der Waals surface area contributed by atoms with Crippen LogP contribution < -0.4 is 10.6 Å². The molecule has 2 fully saturated rings. The van der Waals surface area contributed by atoms with Crippen LogP contribution in [-0.2, 0) is 4.74 Å². The van der Waals surface area contributed by atoms with Gasteiger partial charge in [0, 0.05) is 30.7 Å². The molecule has 1 saturated heterocycles. The van der Waals surface area contributed by atoms with Gasteiger partial charge in [-0.25, -0.2) is 0 Å². The highest BCUT2D eigenvalue weighted by molar-refractivity contribution is 5.49. The summed E-state index contributed by atoms with van der Waals surface area (Å²) in [5.74, 6) is 0.610. The van der Waals surface area contributed by atoms with Crippen molar-refractivity contribution in [1.82, 2.24) is 0 Å². The van der Waals surface area contributed by atoms with Crippen LogP contribution in [0.1, 0.15) is 17.9 Å². The molecule has 1 heterocycles. The van der Waals surface area contributed by atoms with Crippen molar-refractivity contribution < 1.29 is 4.74 Å². The molecule has 0 amide bonds. The van der Waals surface area contributed by atoms with Crippen molar-refractivity contribution in [3.8, 4) is 0 Å². The van der Waals surface area contributed by atoms with Crippen LogP contribution >= 0.6 is 0 Å². The number of hydrogen-bond acceptors (Lipinski definition) is 3. The van der Waals surface area contributed by atoms with E-state index >= 15 is 0 Å². The first-order valence-electron chi connectivity index (χ1n) is 6.03. The average Bonchev–Trinajstić information content (AvgIpc) is 3.08. The van der Waals surface area contributed by atoms with Gasteiger partial charge < -0.3 is 15.4 Å². The van der Waals surface area contributed by atoms with Crippen molar-refractivity contribution in [2.24, 2.45) is 5.73 Å². The number of anilines is 1. The van der Waals surface area contributed by atoms with Crippen LogP contribution in [0.5, 0.6) is 0 Å². The first-order valence-corrected chi connectivity index (χ1v) is 6.03. The van der Waals surface area contributed by atoms with Crippen LogP contribution in [0.4, 0.5) is 5.69 Å². The lowest BCUT2D eigenvalue weighted by molar-refractivity contribution is 0.122. The summed E-state index contributed by atoms with van der Waals surface area (Å²) in [5.41, 5.74) is 8.55. The molecule has 1 aliphatic heterocycles. The molecule has 86 valence electrons. The monoisotopic (exact) mass is 218 g/mol. The fourth-order valence-corrected chi connectivity index (χ4v) is 2.35. The fraction of sp³-hybridized carbons (Fsp3) is 0.538. The predicted octanol–water partition coefficient (Wildman–Crippen LogP) is 1.34. The minimum absolute atomic E-state index is 0.397. The van der Waals surface area contributed by atoms with E-state index in [2.05, 4.69) is 29.2 Å². The van der Waals surface area contributed by atoms with Crippen LogP contribution in [0.3, 0.4) is 0 Å². The summed E-state index contributed by atoms with van der Waals surface area (Å²) in [5, 5.41) is 0. The number of nitrogens with zero attached hydrogens (tertiary/aromatic N) is 1. The molecule has 1 aromatic rings. The van der Waals surface area contributed by atoms with Crippen molar-refractivity contribution in [2.45, 2.75) is 18.4 Å². The van der Waals surface area contributed by atoms with E-state index in [1.807, 2.05) is 0 Å². The Hall–Kier alpha value is -1.06. The van der Waals surface area contributed by atoms with Crippen molar-refractivity contribution in [3.05, 3.63) is 29.8 Å². The summed E-state index contributed by atoms with van der Waals surface area (Å²) in [7, 11) is 0. The van der Waals surface area contributed by atoms with Gasteiger partial charge in [0.25, 0.3) is 0 Å². The SMILES string of the molecule is N[C@@H]1C[C@H]1c1ccc(N2CCOCC2)cc1. The number of nitrogens with two attached hydrogens (primary N) is 1. The van der Waals surface area contributed by atoms with Gasteiger partial charge in [-0.1, -0.05) is 12.1 Å². The minimum atomic E-state index is 0.397. The highest BCUT2D eigenvalue weighted by Gasteiger charge is 2.34. The average molecular weight is 218 g/mol. The summed E-state index contributed by atoms with van der Waals surface area (Å²) < 4.78 is 5.35. The fourth-order valence-electron chi connectivity index (χ4n) is 2.35. The van der Waals surface area contributed by atoms with Crippen molar-refractivity contribution >= 4 is 5.69 Å². The van der Waals surface area contributed by atoms with Gasteiger partial charge >= 0.3 is 0 Å². The number of hydrogen-bond donors (Lipinski definition) is 1. The lowest BCUT2D eigenvalue weighted by atomic mass is 10.1. The normalized spacial score (nSPS) is 29.2. The second kappa shape index (κ2) is 4.07. The zero-order valence-corrected chi connectivity index (χ0v) is 9.43. The first-order chi connectivity index (χ1) is 7.84. The summed E-state index contributed by atoms with van der Waals surface area (Å²) in [6.07, 6.45) is 1.15. The molecular weight excluding hydrogens is 200 g/mol. The summed E-state index contributed by atoms with van der Waals surface area (Å²) in [6, 6.07) is 9.27. The van der Waals surface area contributed by atoms with Gasteiger partial charge in [0.2, 0.25) is 0 Å². The third-order valence-electron chi connectivity index (χ3n) is 3.54. The second-order valence-electron chi connectivity index (χ2n) is 4.70. The van der Waals surface area contributed by atoms with E-state index in [0.29, 0.717) is 12.0 Å². The highest BCUT2D eigenvalue weighted by Crippen LogP contribution is 2.39. The Kier molecular flexibility index (Phi) is 2.58. The quantitative estimate of drug-likeness (QED) is 0.814. The van der Waals surface area contributed by atoms with Gasteiger partial charge in [-0.3, -0.25) is 0 Å². The van der Waals surface area contributed by atoms with E-state index in [9.17, 15) is 0 Å². The third-order valence-corrected chi connectivity index (χ3v) is 3.54. The summed E-state index contributed by atoms with van der Waals surface area (Å²) >= 11 is 0. The van der Waals surface area contributed by atoms with Crippen LogP contribution in [0.15, 0.2) is 24.3 Å². The molecule has 1 saturated carbocycles. The predicted molar refractivity (Wildman–Crippen MR) is 64.8 cm³/mol. The number of morpholine rings is 1. The largest absolute Gasteiger partial charge is 0.378 e. The maximum atomic E-state index is 5.85. The Morgan fingerprint density at radius 3 is 2.31 bits per heavy atom. The van der Waals surface area contributed by atoms with Crippen LogP contribution in [0, 0.1) is 0 Å². The zero-order chi connectivity index (χ0) is 11.0. The zero-order valence-electron chi connectivity index (χ0n) is 9.43. The molecule has 0 spiro atoms. The molecule has 16 heavy (non-hydrogen) atoms. The Bertz CT molecular complexity index is 357. The Morgan fingerprint density at radius 1 is 1.12 bits per heavy atom. The molecule has 2 atom stereocenters. The molecule has 3 nitrogen and oxygen atoms in total. The van der Waals surface area contributed by atoms with Crippen LogP contribution in [0.2, 0.25) is 0 Å². The maximum Gasteiger partial charge on any atom is 0.0642 e. The molecule has 1 aliphatic carbocycles. The van der Waals surface area contributed by atoms with Crippen molar-refractivity contribution in [1.29, 1.82) is 0 Å². The van der Waals surface area contributed by atoms with Crippen LogP contribution in [0.25, 0.3) is 0 Å². The van der Waals surface area contributed by atoms with Gasteiger partial charge in [-0.2, -0.15) is 0 Å². The topological polar surface area (TPSA) is 38.5 Å². The Morgan fingerprint density at radius 2 is 1.75 bits per heavy atom. The van der Waals surface area contributed by atoms with E-state index < -0.39 is 0 Å². The molecular formula is C13H18N2O. The van der Waals surface area contributed by atoms with Crippen molar-refractivity contribution in [3.63, 3.8) is 0 Å². The van der Waals surface area contributed by atoms with Gasteiger partial charge in [-0.05, 0) is 24.1 Å². The van der Waals surface area contributed by atoms with E-state index in [0.717, 1.165) is 32.7 Å². The standard InChI is InChI=1S/C13H18N2O/c14-13-9-12(13)10-1-3-11(4-2-10)15-5-7-16-8-6-15/h1-4,12-13H,5-9,14H2/t12-,13+/m0/s1. The molecule has 0 radical (unpaired) electrons. The molecule has 3 heteroatoms. The first kappa shape index (κ1) is 10.1. The molecule has 2 N–H and O–H groups in total. The molecule has 1 aromatic carbocycles. The lowest BCUT2D eigenvalue weighted by Crippen LogP contribution is -2.36. The molecule has 2 aliphatic rings. The van der Waals surface area contributed by atoms with Gasteiger partial charge in [-0.15, -0.1) is 0 Å². The Balaban J connectivity index is 1.71. The summed E-state index contributed by atoms with van der Waals surface area (Å²) in [4.78, 5) is 2.38. The lowest BCUT2D eigenvalue weighted by Gasteiger charge is -2.28. The van der Waals surface area contributed by atoms with E-state index in [1.54, 1.807) is 0 Å². The van der Waals surface area contributed by atoms with Crippen molar-refractivity contribution in [2.75, 3.05) is 31.2 Å². The molecule has 0 aromatic heterocycles. The maximum absolute atomic E-state index is 5.85. The molecule has 0 bridgehead atoms. The highest BCUT2D eigenvalue weighted by atomic mass is 16.5. The Labute approximate surface area is 96.2 Å². The van der Waals surface area contributed by atoms with E-state index in [4.69, 9.17) is 10.5 Å². The van der Waals surface area contributed by atoms with E-state index in [-0.39, 0.29) is 0 Å². The second-order valence-corrected chi connectivity index (χ2v) is 4.70. The van der Waals surface area contributed by atoms with Gasteiger partial charge in [0.05, 0.1) is 13.2 Å². The summed E-state index contributed by atoms with van der Waals surface area (Å²) in [6.45, 7) is 3.69. The molecule has 0 unspecified atom stereocenters. The number of ether oxygens (including phenoxy) is 1. The molecule has 3 rings (SSSR count). The minimum Gasteiger partial charge on any atom is -0.378 e. The van der Waals surface area contributed by atoms with E-state index in [1.165, 1.54) is 11.3 Å². The third kappa shape index (κ3) is 1.93.